The minimum atomic E-state index is -0.759. The largest absolute Gasteiger partial charge is 0.399 e. The van der Waals surface area contributed by atoms with Crippen LogP contribution < -0.4 is 16.8 Å². The standard InChI is InChI=1S/C14H21N3O2/c1-9(10-5-4-6-11(15)7-10)12(18)17-8-14(2,3)13(16)19/h4-7,9H,8,15H2,1-3H3,(H2,16,19)(H,17,18). The second kappa shape index (κ2) is 5.73. The first-order valence-electron chi connectivity index (χ1n) is 6.17. The van der Waals surface area contributed by atoms with Crippen molar-refractivity contribution in [2.24, 2.45) is 11.1 Å². The average Bonchev–Trinajstić information content (AvgIpc) is 2.35. The number of carbonyl (C=O) groups excluding carboxylic acids is 2. The Kier molecular flexibility index (Phi) is 4.53. The summed E-state index contributed by atoms with van der Waals surface area (Å²) >= 11 is 0. The summed E-state index contributed by atoms with van der Waals surface area (Å²) in [7, 11) is 0. The molecule has 1 rings (SSSR count). The van der Waals surface area contributed by atoms with E-state index in [4.69, 9.17) is 11.5 Å². The van der Waals surface area contributed by atoms with Crippen molar-refractivity contribution >= 4 is 17.5 Å². The highest BCUT2D eigenvalue weighted by atomic mass is 16.2. The lowest BCUT2D eigenvalue weighted by atomic mass is 9.92. The van der Waals surface area contributed by atoms with Gasteiger partial charge < -0.3 is 16.8 Å². The number of rotatable bonds is 5. The number of carbonyl (C=O) groups is 2. The number of amides is 2. The molecule has 1 atom stereocenters. The Morgan fingerprint density at radius 1 is 1.37 bits per heavy atom. The molecule has 1 aromatic rings. The van der Waals surface area contributed by atoms with Gasteiger partial charge in [-0.05, 0) is 38.5 Å². The third-order valence-electron chi connectivity index (χ3n) is 3.18. The third-order valence-corrected chi connectivity index (χ3v) is 3.18. The zero-order valence-corrected chi connectivity index (χ0v) is 11.6. The van der Waals surface area contributed by atoms with Crippen molar-refractivity contribution in [3.05, 3.63) is 29.8 Å². The lowest BCUT2D eigenvalue weighted by molar-refractivity contribution is -0.127. The van der Waals surface area contributed by atoms with Gasteiger partial charge in [-0.1, -0.05) is 12.1 Å². The first-order chi connectivity index (χ1) is 8.74. The molecular formula is C14H21N3O2. The second-order valence-corrected chi connectivity index (χ2v) is 5.36. The molecule has 0 bridgehead atoms. The van der Waals surface area contributed by atoms with E-state index in [2.05, 4.69) is 5.32 Å². The molecule has 2 amide bonds. The number of nitrogens with two attached hydrogens (primary N) is 2. The minimum Gasteiger partial charge on any atom is -0.399 e. The molecule has 0 aromatic heterocycles. The van der Waals surface area contributed by atoms with E-state index >= 15 is 0 Å². The number of nitrogens with one attached hydrogen (secondary N) is 1. The maximum atomic E-state index is 12.0. The van der Waals surface area contributed by atoms with Crippen LogP contribution in [-0.2, 0) is 9.59 Å². The normalized spacial score (nSPS) is 12.8. The Bertz CT molecular complexity index is 483. The van der Waals surface area contributed by atoms with Crippen molar-refractivity contribution in [3.8, 4) is 0 Å². The molecule has 1 unspecified atom stereocenters. The van der Waals surface area contributed by atoms with E-state index < -0.39 is 11.3 Å². The second-order valence-electron chi connectivity index (χ2n) is 5.36. The summed E-state index contributed by atoms with van der Waals surface area (Å²) in [4.78, 5) is 23.2. The molecule has 0 saturated carbocycles. The van der Waals surface area contributed by atoms with E-state index in [1.165, 1.54) is 0 Å². The molecule has 0 saturated heterocycles. The lowest BCUT2D eigenvalue weighted by Gasteiger charge is -2.22. The van der Waals surface area contributed by atoms with Gasteiger partial charge in [0.25, 0.3) is 0 Å². The number of benzene rings is 1. The molecule has 0 aliphatic rings. The van der Waals surface area contributed by atoms with Crippen LogP contribution >= 0.6 is 0 Å². The average molecular weight is 263 g/mol. The highest BCUT2D eigenvalue weighted by Crippen LogP contribution is 2.19. The topological polar surface area (TPSA) is 98.2 Å². The summed E-state index contributed by atoms with van der Waals surface area (Å²) < 4.78 is 0. The van der Waals surface area contributed by atoms with Crippen molar-refractivity contribution in [3.63, 3.8) is 0 Å². The number of nitrogen functional groups attached to an aromatic ring is 1. The summed E-state index contributed by atoms with van der Waals surface area (Å²) in [5.41, 5.74) is 11.6. The molecular weight excluding hydrogens is 242 g/mol. The van der Waals surface area contributed by atoms with Gasteiger partial charge in [-0.3, -0.25) is 9.59 Å². The van der Waals surface area contributed by atoms with Gasteiger partial charge in [-0.2, -0.15) is 0 Å². The van der Waals surface area contributed by atoms with E-state index in [1.807, 2.05) is 12.1 Å². The van der Waals surface area contributed by atoms with Gasteiger partial charge >= 0.3 is 0 Å². The van der Waals surface area contributed by atoms with Gasteiger partial charge in [0.15, 0.2) is 0 Å². The van der Waals surface area contributed by atoms with Crippen molar-refractivity contribution < 1.29 is 9.59 Å². The van der Waals surface area contributed by atoms with Gasteiger partial charge in [-0.15, -0.1) is 0 Å². The molecule has 5 N–H and O–H groups in total. The van der Waals surface area contributed by atoms with Gasteiger partial charge in [0.05, 0.1) is 11.3 Å². The molecule has 0 fully saturated rings. The highest BCUT2D eigenvalue weighted by molar-refractivity contribution is 5.85. The molecule has 5 nitrogen and oxygen atoms in total. The van der Waals surface area contributed by atoms with Crippen molar-refractivity contribution in [2.75, 3.05) is 12.3 Å². The van der Waals surface area contributed by atoms with Gasteiger partial charge in [0.1, 0.15) is 0 Å². The van der Waals surface area contributed by atoms with Crippen molar-refractivity contribution in [1.29, 1.82) is 0 Å². The summed E-state index contributed by atoms with van der Waals surface area (Å²) in [5, 5.41) is 2.74. The first-order valence-corrected chi connectivity index (χ1v) is 6.17. The maximum Gasteiger partial charge on any atom is 0.227 e. The van der Waals surface area contributed by atoms with Gasteiger partial charge in [-0.25, -0.2) is 0 Å². The Morgan fingerprint density at radius 2 is 2.00 bits per heavy atom. The van der Waals surface area contributed by atoms with Crippen LogP contribution in [0.5, 0.6) is 0 Å². The Morgan fingerprint density at radius 3 is 2.53 bits per heavy atom. The Hall–Kier alpha value is -2.04. The van der Waals surface area contributed by atoms with Crippen LogP contribution in [0.2, 0.25) is 0 Å². The zero-order valence-electron chi connectivity index (χ0n) is 11.6. The first kappa shape index (κ1) is 15.0. The number of hydrogen-bond acceptors (Lipinski definition) is 3. The Labute approximate surface area is 113 Å². The van der Waals surface area contributed by atoms with Crippen molar-refractivity contribution in [1.82, 2.24) is 5.32 Å². The fourth-order valence-electron chi connectivity index (χ4n) is 1.53. The summed E-state index contributed by atoms with van der Waals surface area (Å²) in [5.74, 6) is -0.920. The van der Waals surface area contributed by atoms with Crippen LogP contribution in [-0.4, -0.2) is 18.4 Å². The monoisotopic (exact) mass is 263 g/mol. The molecule has 0 aliphatic heterocycles. The number of primary amides is 1. The fraction of sp³-hybridized carbons (Fsp3) is 0.429. The predicted octanol–water partition coefficient (Wildman–Crippen LogP) is 1.00. The quantitative estimate of drug-likeness (QED) is 0.691. The molecule has 19 heavy (non-hydrogen) atoms. The zero-order chi connectivity index (χ0) is 14.6. The number of anilines is 1. The third kappa shape index (κ3) is 3.98. The maximum absolute atomic E-state index is 12.0. The van der Waals surface area contributed by atoms with E-state index in [0.29, 0.717) is 5.69 Å². The van der Waals surface area contributed by atoms with Gasteiger partial charge in [0.2, 0.25) is 11.8 Å². The van der Waals surface area contributed by atoms with Crippen molar-refractivity contribution in [2.45, 2.75) is 26.7 Å². The highest BCUT2D eigenvalue weighted by Gasteiger charge is 2.26. The van der Waals surface area contributed by atoms with E-state index in [0.717, 1.165) is 5.56 Å². The van der Waals surface area contributed by atoms with E-state index in [9.17, 15) is 9.59 Å². The van der Waals surface area contributed by atoms with Crippen LogP contribution in [0.1, 0.15) is 32.3 Å². The van der Waals surface area contributed by atoms with Crippen LogP contribution in [0.4, 0.5) is 5.69 Å². The summed E-state index contributed by atoms with van der Waals surface area (Å²) in [6.45, 7) is 5.40. The molecule has 0 spiro atoms. The molecule has 1 aromatic carbocycles. The molecule has 104 valence electrons. The van der Waals surface area contributed by atoms with Crippen LogP contribution in [0.3, 0.4) is 0 Å². The van der Waals surface area contributed by atoms with E-state index in [-0.39, 0.29) is 18.4 Å². The minimum absolute atomic E-state index is 0.153. The Balaban J connectivity index is 2.66. The predicted molar refractivity (Wildman–Crippen MR) is 75.3 cm³/mol. The lowest BCUT2D eigenvalue weighted by Crippen LogP contribution is -2.43. The summed E-state index contributed by atoms with van der Waals surface area (Å²) in [6, 6.07) is 7.19. The van der Waals surface area contributed by atoms with Gasteiger partial charge in [0, 0.05) is 12.2 Å². The number of hydrogen-bond donors (Lipinski definition) is 3. The molecule has 0 heterocycles. The molecule has 5 heteroatoms. The fourth-order valence-corrected chi connectivity index (χ4v) is 1.53. The molecule has 0 aliphatic carbocycles. The summed E-state index contributed by atoms with van der Waals surface area (Å²) in [6.07, 6.45) is 0. The molecule has 0 radical (unpaired) electrons. The van der Waals surface area contributed by atoms with E-state index in [1.54, 1.807) is 32.9 Å². The SMILES string of the molecule is CC(C(=O)NCC(C)(C)C(N)=O)c1cccc(N)c1. The van der Waals surface area contributed by atoms with Crippen LogP contribution in [0.25, 0.3) is 0 Å². The van der Waals surface area contributed by atoms with Crippen LogP contribution in [0.15, 0.2) is 24.3 Å². The smallest absolute Gasteiger partial charge is 0.227 e. The van der Waals surface area contributed by atoms with Crippen LogP contribution in [0, 0.1) is 5.41 Å².